The first-order valence-electron chi connectivity index (χ1n) is 10.9. The van der Waals surface area contributed by atoms with Crippen LogP contribution >= 0.6 is 27.5 Å². The highest BCUT2D eigenvalue weighted by Crippen LogP contribution is 2.33. The lowest BCUT2D eigenvalue weighted by molar-refractivity contribution is -0.350. The van der Waals surface area contributed by atoms with Crippen LogP contribution in [0.3, 0.4) is 0 Å². The maximum atomic E-state index is 6.44. The molecular weight excluding hydrogens is 512 g/mol. The quantitative estimate of drug-likeness (QED) is 0.280. The molecule has 182 valence electrons. The highest BCUT2D eigenvalue weighted by molar-refractivity contribution is 9.09. The van der Waals surface area contributed by atoms with Crippen molar-refractivity contribution >= 4 is 27.5 Å². The number of halogens is 2. The topological polar surface area (TPSA) is 55.4 Å². The molecule has 0 spiro atoms. The van der Waals surface area contributed by atoms with Gasteiger partial charge in [-0.1, -0.05) is 76.6 Å². The van der Waals surface area contributed by atoms with Crippen molar-refractivity contribution in [1.82, 2.24) is 0 Å². The minimum absolute atomic E-state index is 0.219. The van der Waals surface area contributed by atoms with Gasteiger partial charge in [0.15, 0.2) is 12.1 Å². The van der Waals surface area contributed by atoms with Crippen LogP contribution in [0.25, 0.3) is 0 Å². The summed E-state index contributed by atoms with van der Waals surface area (Å²) in [5, 5.41) is 0.448. The van der Waals surface area contributed by atoms with E-state index >= 15 is 0 Å². The van der Waals surface area contributed by atoms with Gasteiger partial charge in [0, 0.05) is 14.2 Å². The Kier molecular flexibility index (Phi) is 10.6. The predicted molar refractivity (Wildman–Crippen MR) is 131 cm³/mol. The second-order valence-corrected chi connectivity index (χ2v) is 8.88. The number of rotatable bonds is 12. The number of benzene rings is 2. The molecule has 0 amide bonds. The maximum Gasteiger partial charge on any atom is 0.186 e. The Hall–Kier alpha value is -1.03. The zero-order chi connectivity index (χ0) is 23.7. The van der Waals surface area contributed by atoms with Crippen molar-refractivity contribution in [2.24, 2.45) is 0 Å². The van der Waals surface area contributed by atoms with Gasteiger partial charge in [-0.25, -0.2) is 0 Å². The minimum Gasteiger partial charge on any atom is -0.368 e. The Bertz CT molecular complexity index is 807. The zero-order valence-electron chi connectivity index (χ0n) is 19.2. The molecule has 1 aliphatic heterocycles. The minimum atomic E-state index is -0.920. The largest absolute Gasteiger partial charge is 0.368 e. The summed E-state index contributed by atoms with van der Waals surface area (Å²) in [4.78, 5) is 0. The van der Waals surface area contributed by atoms with E-state index in [4.69, 9.17) is 40.0 Å². The normalized spacial score (nSPS) is 27.2. The van der Waals surface area contributed by atoms with Crippen molar-refractivity contribution in [2.75, 3.05) is 25.4 Å². The fraction of sp³-hybridized carbons (Fsp3) is 0.520. The third-order valence-corrected chi connectivity index (χ3v) is 6.93. The van der Waals surface area contributed by atoms with Gasteiger partial charge in [-0.15, -0.1) is 11.6 Å². The second-order valence-electron chi connectivity index (χ2n) is 8.01. The fourth-order valence-electron chi connectivity index (χ4n) is 3.66. The van der Waals surface area contributed by atoms with Crippen molar-refractivity contribution in [1.29, 1.82) is 0 Å². The number of ether oxygens (including phenoxy) is 6. The molecule has 33 heavy (non-hydrogen) atoms. The first-order chi connectivity index (χ1) is 16.0. The number of alkyl halides is 2. The molecular formula is C25H32BrClO6. The summed E-state index contributed by atoms with van der Waals surface area (Å²) in [6, 6.07) is 19.9. The summed E-state index contributed by atoms with van der Waals surface area (Å²) in [6.07, 6.45) is -2.79. The van der Waals surface area contributed by atoms with Gasteiger partial charge in [-0.05, 0) is 18.1 Å². The van der Waals surface area contributed by atoms with Crippen LogP contribution in [0.4, 0.5) is 0 Å². The monoisotopic (exact) mass is 542 g/mol. The number of hydrogen-bond acceptors (Lipinski definition) is 6. The lowest BCUT2D eigenvalue weighted by Gasteiger charge is -2.47. The van der Waals surface area contributed by atoms with Gasteiger partial charge >= 0.3 is 0 Å². The second kappa shape index (κ2) is 13.2. The van der Waals surface area contributed by atoms with Gasteiger partial charge in [0.25, 0.3) is 0 Å². The summed E-state index contributed by atoms with van der Waals surface area (Å²) in [5.41, 5.74) is 2.08. The first-order valence-corrected chi connectivity index (χ1v) is 12.5. The molecule has 3 rings (SSSR count). The smallest absolute Gasteiger partial charge is 0.186 e. The Morgan fingerprint density at radius 1 is 0.879 bits per heavy atom. The lowest BCUT2D eigenvalue weighted by Crippen LogP contribution is -2.63. The molecule has 0 aliphatic carbocycles. The molecule has 6 atom stereocenters. The van der Waals surface area contributed by atoms with Crippen LogP contribution in [0.2, 0.25) is 0 Å². The summed E-state index contributed by atoms with van der Waals surface area (Å²) < 4.78 is 36.6. The van der Waals surface area contributed by atoms with Gasteiger partial charge in [-0.3, -0.25) is 0 Å². The standard InChI is InChI=1S/C25H32BrClO6/c1-25(17-26,29-3)33-23-22(31-16-19-12-8-5-9-13-19)21(20(14-27)32-24(23)28-2)30-15-18-10-6-4-7-11-18/h4-13,20-24H,14-17H2,1-3H3/t20-,21-,22+,23+,24+,25?/m1/s1. The van der Waals surface area contributed by atoms with Crippen molar-refractivity contribution in [3.63, 3.8) is 0 Å². The third kappa shape index (κ3) is 7.23. The van der Waals surface area contributed by atoms with E-state index in [0.717, 1.165) is 11.1 Å². The highest BCUT2D eigenvalue weighted by atomic mass is 79.9. The summed E-state index contributed by atoms with van der Waals surface area (Å²) >= 11 is 9.78. The molecule has 1 aliphatic rings. The van der Waals surface area contributed by atoms with E-state index in [2.05, 4.69) is 15.9 Å². The zero-order valence-corrected chi connectivity index (χ0v) is 21.5. The Labute approximate surface area is 209 Å². The molecule has 8 heteroatoms. The van der Waals surface area contributed by atoms with Gasteiger partial charge in [0.1, 0.15) is 24.4 Å². The van der Waals surface area contributed by atoms with Crippen LogP contribution in [-0.2, 0) is 41.6 Å². The first kappa shape index (κ1) is 26.6. The van der Waals surface area contributed by atoms with Crippen molar-refractivity contribution in [3.8, 4) is 0 Å². The Balaban J connectivity index is 1.88. The number of hydrogen-bond donors (Lipinski definition) is 0. The highest BCUT2D eigenvalue weighted by Gasteiger charge is 2.50. The van der Waals surface area contributed by atoms with Gasteiger partial charge < -0.3 is 28.4 Å². The molecule has 2 aromatic carbocycles. The van der Waals surface area contributed by atoms with Crippen LogP contribution in [0.15, 0.2) is 60.7 Å². The lowest BCUT2D eigenvalue weighted by atomic mass is 9.98. The van der Waals surface area contributed by atoms with Crippen LogP contribution < -0.4 is 0 Å². The summed E-state index contributed by atoms with van der Waals surface area (Å²) in [7, 11) is 3.17. The van der Waals surface area contributed by atoms with Crippen LogP contribution in [0.1, 0.15) is 18.1 Å². The van der Waals surface area contributed by atoms with Crippen LogP contribution in [-0.4, -0.2) is 61.9 Å². The molecule has 2 aromatic rings. The van der Waals surface area contributed by atoms with E-state index < -0.39 is 36.5 Å². The number of methoxy groups -OCH3 is 2. The molecule has 0 N–H and O–H groups in total. The van der Waals surface area contributed by atoms with Crippen molar-refractivity contribution < 1.29 is 28.4 Å². The van der Waals surface area contributed by atoms with Crippen molar-refractivity contribution in [2.45, 2.75) is 56.6 Å². The predicted octanol–water partition coefficient (Wildman–Crippen LogP) is 4.91. The van der Waals surface area contributed by atoms with E-state index in [1.807, 2.05) is 67.6 Å². The van der Waals surface area contributed by atoms with E-state index in [9.17, 15) is 0 Å². The van der Waals surface area contributed by atoms with Crippen LogP contribution in [0, 0.1) is 0 Å². The maximum absolute atomic E-state index is 6.44. The summed E-state index contributed by atoms with van der Waals surface area (Å²) in [6.45, 7) is 2.61. The molecule has 1 saturated heterocycles. The van der Waals surface area contributed by atoms with E-state index in [0.29, 0.717) is 18.5 Å². The van der Waals surface area contributed by atoms with Crippen molar-refractivity contribution in [3.05, 3.63) is 71.8 Å². The third-order valence-electron chi connectivity index (χ3n) is 5.61. The van der Waals surface area contributed by atoms with Gasteiger partial charge in [0.05, 0.1) is 24.4 Å². The molecule has 0 saturated carbocycles. The molecule has 0 bridgehead atoms. The molecule has 0 radical (unpaired) electrons. The molecule has 0 aromatic heterocycles. The molecule has 6 nitrogen and oxygen atoms in total. The molecule has 1 fully saturated rings. The SMILES string of the molecule is CO[C@H]1O[C@H](CCl)[C@@H](OCc2ccccc2)[C@H](OCc2ccccc2)[C@@H]1OC(C)(CBr)OC. The fourth-order valence-corrected chi connectivity index (χ4v) is 4.27. The van der Waals surface area contributed by atoms with E-state index in [1.54, 1.807) is 14.2 Å². The van der Waals surface area contributed by atoms with Crippen LogP contribution in [0.5, 0.6) is 0 Å². The van der Waals surface area contributed by atoms with Gasteiger partial charge in [0.2, 0.25) is 0 Å². The van der Waals surface area contributed by atoms with E-state index in [-0.39, 0.29) is 5.88 Å². The summed E-state index contributed by atoms with van der Waals surface area (Å²) in [5.74, 6) is -0.700. The van der Waals surface area contributed by atoms with Gasteiger partial charge in [-0.2, -0.15) is 0 Å². The Morgan fingerprint density at radius 3 is 1.88 bits per heavy atom. The Morgan fingerprint density at radius 2 is 1.42 bits per heavy atom. The van der Waals surface area contributed by atoms with E-state index in [1.165, 1.54) is 0 Å². The molecule has 1 heterocycles. The average Bonchev–Trinajstić information content (AvgIpc) is 2.87. The molecule has 1 unspecified atom stereocenters. The average molecular weight is 544 g/mol.